The molecule has 8 nitrogen and oxygen atoms in total. The van der Waals surface area contributed by atoms with Gasteiger partial charge in [0.05, 0.1) is 10.9 Å². The monoisotopic (exact) mass is 346 g/mol. The van der Waals surface area contributed by atoms with Gasteiger partial charge >= 0.3 is 6.09 Å². The van der Waals surface area contributed by atoms with Crippen molar-refractivity contribution in [2.24, 2.45) is 0 Å². The molecule has 2 aromatic rings. The maximum atomic E-state index is 12.1. The summed E-state index contributed by atoms with van der Waals surface area (Å²) in [5.41, 5.74) is -0.448. The van der Waals surface area contributed by atoms with Crippen molar-refractivity contribution in [1.82, 2.24) is 20.6 Å². The lowest BCUT2D eigenvalue weighted by Gasteiger charge is -2.19. The molecule has 134 valence electrons. The number of hydrogen-bond donors (Lipinski definition) is 3. The zero-order valence-corrected chi connectivity index (χ0v) is 14.5. The molecule has 1 heterocycles. The van der Waals surface area contributed by atoms with Crippen molar-refractivity contribution in [1.29, 1.82) is 0 Å². The first-order valence-electron chi connectivity index (χ1n) is 8.00. The summed E-state index contributed by atoms with van der Waals surface area (Å²) < 4.78 is 5.10. The fourth-order valence-electron chi connectivity index (χ4n) is 2.07. The highest BCUT2D eigenvalue weighted by molar-refractivity contribution is 5.92. The van der Waals surface area contributed by atoms with Gasteiger partial charge in [-0.3, -0.25) is 9.59 Å². The standard InChI is InChI=1S/C17H22N4O4/c1-17(2,3)25-16(24)19-10-6-9-18-15(23)13-20-12-8-5-4-7-11(12)14(22)21-13/h4-5,7-8H,6,9-10H2,1-3H3,(H,18,23)(H,19,24)(H,20,21,22). The van der Waals surface area contributed by atoms with Crippen molar-refractivity contribution in [2.75, 3.05) is 13.1 Å². The molecule has 25 heavy (non-hydrogen) atoms. The van der Waals surface area contributed by atoms with Crippen LogP contribution in [0, 0.1) is 0 Å². The Morgan fingerprint density at radius 2 is 1.84 bits per heavy atom. The van der Waals surface area contributed by atoms with Crippen LogP contribution in [-0.4, -0.2) is 40.7 Å². The maximum Gasteiger partial charge on any atom is 0.407 e. The van der Waals surface area contributed by atoms with Crippen LogP contribution in [0.3, 0.4) is 0 Å². The van der Waals surface area contributed by atoms with Crippen molar-refractivity contribution in [2.45, 2.75) is 32.8 Å². The second-order valence-electron chi connectivity index (χ2n) is 6.47. The number of H-pyrrole nitrogens is 1. The number of carbonyl (C=O) groups is 2. The van der Waals surface area contributed by atoms with E-state index in [1.807, 2.05) is 0 Å². The third kappa shape index (κ3) is 5.59. The summed E-state index contributed by atoms with van der Waals surface area (Å²) >= 11 is 0. The van der Waals surface area contributed by atoms with Gasteiger partial charge in [-0.2, -0.15) is 0 Å². The van der Waals surface area contributed by atoms with E-state index in [1.54, 1.807) is 45.0 Å². The van der Waals surface area contributed by atoms with E-state index in [0.29, 0.717) is 30.4 Å². The van der Waals surface area contributed by atoms with E-state index in [-0.39, 0.29) is 11.4 Å². The predicted molar refractivity (Wildman–Crippen MR) is 93.6 cm³/mol. The van der Waals surface area contributed by atoms with Gasteiger partial charge in [0.1, 0.15) is 5.60 Å². The highest BCUT2D eigenvalue weighted by Gasteiger charge is 2.15. The Morgan fingerprint density at radius 3 is 2.56 bits per heavy atom. The van der Waals surface area contributed by atoms with Gasteiger partial charge < -0.3 is 20.4 Å². The topological polar surface area (TPSA) is 113 Å². The first-order chi connectivity index (χ1) is 11.8. The molecule has 0 spiro atoms. The number of aromatic amines is 1. The lowest BCUT2D eigenvalue weighted by atomic mass is 10.2. The summed E-state index contributed by atoms with van der Waals surface area (Å²) in [7, 11) is 0. The molecule has 1 aromatic heterocycles. The number of amides is 2. The number of rotatable bonds is 5. The van der Waals surface area contributed by atoms with E-state index < -0.39 is 17.6 Å². The molecule has 8 heteroatoms. The van der Waals surface area contributed by atoms with Crippen LogP contribution in [0.2, 0.25) is 0 Å². The lowest BCUT2D eigenvalue weighted by Crippen LogP contribution is -2.35. The van der Waals surface area contributed by atoms with Gasteiger partial charge in [0.2, 0.25) is 0 Å². The highest BCUT2D eigenvalue weighted by Crippen LogP contribution is 2.06. The summed E-state index contributed by atoms with van der Waals surface area (Å²) in [6, 6.07) is 6.80. The molecule has 0 aliphatic rings. The van der Waals surface area contributed by atoms with Crippen LogP contribution in [0.5, 0.6) is 0 Å². The largest absolute Gasteiger partial charge is 0.444 e. The van der Waals surface area contributed by atoms with Crippen molar-refractivity contribution in [3.05, 3.63) is 40.4 Å². The number of alkyl carbamates (subject to hydrolysis) is 1. The number of fused-ring (bicyclic) bond motifs is 1. The average Bonchev–Trinajstić information content (AvgIpc) is 2.52. The molecule has 0 aliphatic heterocycles. The number of benzene rings is 1. The zero-order chi connectivity index (χ0) is 18.4. The van der Waals surface area contributed by atoms with Gasteiger partial charge in [0, 0.05) is 13.1 Å². The summed E-state index contributed by atoms with van der Waals surface area (Å²) in [5, 5.41) is 5.68. The number of aromatic nitrogens is 2. The number of nitrogens with one attached hydrogen (secondary N) is 3. The molecule has 1 aromatic carbocycles. The van der Waals surface area contributed by atoms with Gasteiger partial charge in [0.25, 0.3) is 11.5 Å². The minimum atomic E-state index is -0.550. The Kier molecular flexibility index (Phi) is 5.74. The molecule has 0 aliphatic carbocycles. The van der Waals surface area contributed by atoms with Crippen LogP contribution in [0.4, 0.5) is 4.79 Å². The van der Waals surface area contributed by atoms with Gasteiger partial charge in [-0.1, -0.05) is 12.1 Å². The van der Waals surface area contributed by atoms with Crippen LogP contribution in [-0.2, 0) is 4.74 Å². The minimum Gasteiger partial charge on any atom is -0.444 e. The molecule has 0 bridgehead atoms. The van der Waals surface area contributed by atoms with E-state index >= 15 is 0 Å². The van der Waals surface area contributed by atoms with E-state index in [9.17, 15) is 14.4 Å². The highest BCUT2D eigenvalue weighted by atomic mass is 16.6. The van der Waals surface area contributed by atoms with E-state index in [2.05, 4.69) is 20.6 Å². The first-order valence-corrected chi connectivity index (χ1v) is 8.00. The van der Waals surface area contributed by atoms with Crippen molar-refractivity contribution < 1.29 is 14.3 Å². The Labute approximate surface area is 145 Å². The molecule has 0 unspecified atom stereocenters. The Bertz CT molecular complexity index is 823. The minimum absolute atomic E-state index is 0.0381. The van der Waals surface area contributed by atoms with Crippen LogP contribution >= 0.6 is 0 Å². The quantitative estimate of drug-likeness (QED) is 0.711. The Hall–Kier alpha value is -2.90. The van der Waals surface area contributed by atoms with Crippen LogP contribution in [0.25, 0.3) is 10.9 Å². The summed E-state index contributed by atoms with van der Waals surface area (Å²) in [6.45, 7) is 6.03. The SMILES string of the molecule is CC(C)(C)OC(=O)NCCCNC(=O)c1nc2ccccc2c(=O)[nH]1. The van der Waals surface area contributed by atoms with Gasteiger partial charge in [0.15, 0.2) is 5.82 Å². The Morgan fingerprint density at radius 1 is 1.16 bits per heavy atom. The maximum absolute atomic E-state index is 12.1. The number of carbonyl (C=O) groups excluding carboxylic acids is 2. The summed E-state index contributed by atoms with van der Waals surface area (Å²) in [6.07, 6.45) is 0.0161. The van der Waals surface area contributed by atoms with Gasteiger partial charge in [-0.05, 0) is 39.3 Å². The molecule has 0 atom stereocenters. The van der Waals surface area contributed by atoms with Crippen LogP contribution in [0.1, 0.15) is 37.8 Å². The molecule has 2 amide bonds. The van der Waals surface area contributed by atoms with Crippen molar-refractivity contribution >= 4 is 22.9 Å². The summed E-state index contributed by atoms with van der Waals surface area (Å²) in [4.78, 5) is 42.1. The fourth-order valence-corrected chi connectivity index (χ4v) is 2.07. The lowest BCUT2D eigenvalue weighted by molar-refractivity contribution is 0.0527. The Balaban J connectivity index is 1.81. The molecule has 3 N–H and O–H groups in total. The molecule has 2 rings (SSSR count). The number of ether oxygens (including phenoxy) is 1. The third-order valence-corrected chi connectivity index (χ3v) is 3.14. The molecule has 0 saturated heterocycles. The number of nitrogens with zero attached hydrogens (tertiary/aromatic N) is 1. The normalized spacial score (nSPS) is 11.2. The average molecular weight is 346 g/mol. The second kappa shape index (κ2) is 7.78. The molecular weight excluding hydrogens is 324 g/mol. The van der Waals surface area contributed by atoms with Crippen molar-refractivity contribution in [3.8, 4) is 0 Å². The number of hydrogen-bond acceptors (Lipinski definition) is 5. The fraction of sp³-hybridized carbons (Fsp3) is 0.412. The summed E-state index contributed by atoms with van der Waals surface area (Å²) in [5.74, 6) is -0.510. The van der Waals surface area contributed by atoms with E-state index in [4.69, 9.17) is 4.74 Å². The smallest absolute Gasteiger partial charge is 0.407 e. The number of para-hydroxylation sites is 1. The van der Waals surface area contributed by atoms with Crippen molar-refractivity contribution in [3.63, 3.8) is 0 Å². The van der Waals surface area contributed by atoms with Gasteiger partial charge in [-0.25, -0.2) is 9.78 Å². The zero-order valence-electron chi connectivity index (χ0n) is 14.5. The van der Waals surface area contributed by atoms with E-state index in [0.717, 1.165) is 0 Å². The first kappa shape index (κ1) is 18.4. The molecule has 0 fully saturated rings. The van der Waals surface area contributed by atoms with Crippen LogP contribution in [0.15, 0.2) is 29.1 Å². The van der Waals surface area contributed by atoms with Crippen LogP contribution < -0.4 is 16.2 Å². The second-order valence-corrected chi connectivity index (χ2v) is 6.47. The predicted octanol–water partition coefficient (Wildman–Crippen LogP) is 1.57. The van der Waals surface area contributed by atoms with Gasteiger partial charge in [-0.15, -0.1) is 0 Å². The van der Waals surface area contributed by atoms with E-state index in [1.165, 1.54) is 0 Å². The molecular formula is C17H22N4O4. The third-order valence-electron chi connectivity index (χ3n) is 3.14. The molecule has 0 radical (unpaired) electrons. The molecule has 0 saturated carbocycles.